The summed E-state index contributed by atoms with van der Waals surface area (Å²) in [5.41, 5.74) is 7.39. The molecule has 4 heteroatoms. The first-order valence-corrected chi connectivity index (χ1v) is 11.9. The van der Waals surface area contributed by atoms with E-state index in [0.29, 0.717) is 13.3 Å². The van der Waals surface area contributed by atoms with Crippen molar-refractivity contribution in [1.29, 1.82) is 0 Å². The number of fused-ring (bicyclic) bond motifs is 5. The molecule has 4 aromatic rings. The second-order valence-electron chi connectivity index (χ2n) is 9.53. The normalized spacial score (nSPS) is 19.7. The molecular weight excluding hydrogens is 420 g/mol. The van der Waals surface area contributed by atoms with Gasteiger partial charge in [-0.1, -0.05) is 78.9 Å². The molecule has 1 spiro atoms. The highest BCUT2D eigenvalue weighted by atomic mass is 16.5. The van der Waals surface area contributed by atoms with Gasteiger partial charge in [0.15, 0.2) is 6.73 Å². The van der Waals surface area contributed by atoms with Gasteiger partial charge < -0.3 is 19.3 Å². The first-order valence-electron chi connectivity index (χ1n) is 11.9. The smallest absolute Gasteiger partial charge is 0.161 e. The molecule has 3 aliphatic rings. The Labute approximate surface area is 200 Å². The third kappa shape index (κ3) is 2.72. The summed E-state index contributed by atoms with van der Waals surface area (Å²) in [4.78, 5) is 4.74. The van der Waals surface area contributed by atoms with Crippen LogP contribution < -0.4 is 19.3 Å². The van der Waals surface area contributed by atoms with E-state index in [4.69, 9.17) is 9.47 Å². The molecule has 0 amide bonds. The van der Waals surface area contributed by atoms with Crippen LogP contribution in [0.1, 0.15) is 28.3 Å². The number of benzene rings is 4. The molecule has 168 valence electrons. The average Bonchev–Trinajstić information content (AvgIpc) is 3.55. The van der Waals surface area contributed by atoms with Gasteiger partial charge in [0.2, 0.25) is 0 Å². The van der Waals surface area contributed by atoms with Crippen LogP contribution in [-0.2, 0) is 5.41 Å². The van der Waals surface area contributed by atoms with Gasteiger partial charge in [-0.2, -0.15) is 0 Å². The van der Waals surface area contributed by atoms with Crippen molar-refractivity contribution >= 4 is 11.4 Å². The number of nitrogens with zero attached hydrogens (tertiary/aromatic N) is 2. The van der Waals surface area contributed by atoms with Gasteiger partial charge in [0.1, 0.15) is 18.1 Å². The van der Waals surface area contributed by atoms with Crippen LogP contribution in [0.2, 0.25) is 0 Å². The lowest BCUT2D eigenvalue weighted by Crippen LogP contribution is -2.38. The summed E-state index contributed by atoms with van der Waals surface area (Å²) in [6.07, 6.45) is 0. The molecule has 3 aliphatic heterocycles. The molecule has 7 rings (SSSR count). The maximum Gasteiger partial charge on any atom is 0.161 e. The molecule has 1 unspecified atom stereocenters. The molecule has 3 heterocycles. The van der Waals surface area contributed by atoms with Crippen molar-refractivity contribution in [2.75, 3.05) is 36.7 Å². The van der Waals surface area contributed by atoms with E-state index in [-0.39, 0.29) is 11.5 Å². The van der Waals surface area contributed by atoms with Crippen molar-refractivity contribution in [2.45, 2.75) is 11.5 Å². The minimum atomic E-state index is -0.216. The minimum Gasteiger partial charge on any atom is -0.492 e. The Kier molecular flexibility index (Phi) is 4.19. The van der Waals surface area contributed by atoms with E-state index in [1.54, 1.807) is 0 Å². The van der Waals surface area contributed by atoms with Crippen LogP contribution in [0, 0.1) is 0 Å². The molecular formula is C30H26N2O2. The fourth-order valence-electron chi connectivity index (χ4n) is 5.97. The van der Waals surface area contributed by atoms with E-state index >= 15 is 0 Å². The molecule has 34 heavy (non-hydrogen) atoms. The van der Waals surface area contributed by atoms with Crippen LogP contribution in [0.15, 0.2) is 97.1 Å². The Bertz CT molecular complexity index is 1330. The summed E-state index contributed by atoms with van der Waals surface area (Å²) in [5.74, 6) is 1.86. The summed E-state index contributed by atoms with van der Waals surface area (Å²) in [6, 6.07) is 35.0. The van der Waals surface area contributed by atoms with E-state index < -0.39 is 0 Å². The number of hydrogen-bond donors (Lipinski definition) is 0. The molecule has 0 aromatic heterocycles. The largest absolute Gasteiger partial charge is 0.492 e. The molecule has 4 aromatic carbocycles. The molecule has 0 aliphatic carbocycles. The Morgan fingerprint density at radius 2 is 1.38 bits per heavy atom. The van der Waals surface area contributed by atoms with E-state index in [1.807, 2.05) is 0 Å². The number of para-hydroxylation sites is 1. The molecule has 0 radical (unpaired) electrons. The predicted molar refractivity (Wildman–Crippen MR) is 135 cm³/mol. The minimum absolute atomic E-state index is 0.118. The van der Waals surface area contributed by atoms with Gasteiger partial charge in [0.05, 0.1) is 17.1 Å². The van der Waals surface area contributed by atoms with Crippen molar-refractivity contribution in [3.8, 4) is 11.5 Å². The summed E-state index contributed by atoms with van der Waals surface area (Å²) < 4.78 is 12.2. The van der Waals surface area contributed by atoms with Gasteiger partial charge in [-0.3, -0.25) is 0 Å². The Hall–Kier alpha value is -3.92. The third-order valence-electron chi connectivity index (χ3n) is 7.59. The maximum absolute atomic E-state index is 6.37. The number of hydrogen-bond acceptors (Lipinski definition) is 4. The SMILES string of the molecule is CN1COc2cc3c(cc21)C1(CO3)CN(C(c2ccccc2)c2ccccc2)c2ccccc21. The van der Waals surface area contributed by atoms with Gasteiger partial charge >= 0.3 is 0 Å². The van der Waals surface area contributed by atoms with Crippen molar-refractivity contribution in [2.24, 2.45) is 0 Å². The Balaban J connectivity index is 1.41. The molecule has 4 nitrogen and oxygen atoms in total. The fourth-order valence-corrected chi connectivity index (χ4v) is 5.97. The first-order chi connectivity index (χ1) is 16.7. The molecule has 0 saturated heterocycles. The average molecular weight is 447 g/mol. The lowest BCUT2D eigenvalue weighted by atomic mass is 9.77. The van der Waals surface area contributed by atoms with Crippen molar-refractivity contribution in [3.63, 3.8) is 0 Å². The van der Waals surface area contributed by atoms with Crippen LogP contribution in [0.3, 0.4) is 0 Å². The highest BCUT2D eigenvalue weighted by Crippen LogP contribution is 2.56. The number of anilines is 2. The van der Waals surface area contributed by atoms with Crippen LogP contribution in [0.4, 0.5) is 11.4 Å². The molecule has 0 N–H and O–H groups in total. The van der Waals surface area contributed by atoms with Gasteiger partial charge in [-0.15, -0.1) is 0 Å². The van der Waals surface area contributed by atoms with Gasteiger partial charge in [-0.05, 0) is 28.8 Å². The van der Waals surface area contributed by atoms with Crippen molar-refractivity contribution in [1.82, 2.24) is 0 Å². The Morgan fingerprint density at radius 1 is 0.706 bits per heavy atom. The van der Waals surface area contributed by atoms with Gasteiger partial charge in [0, 0.05) is 30.9 Å². The van der Waals surface area contributed by atoms with E-state index in [0.717, 1.165) is 23.7 Å². The lowest BCUT2D eigenvalue weighted by Gasteiger charge is -2.33. The second-order valence-corrected chi connectivity index (χ2v) is 9.53. The predicted octanol–water partition coefficient (Wildman–Crippen LogP) is 5.76. The first kappa shape index (κ1) is 19.5. The third-order valence-corrected chi connectivity index (χ3v) is 7.59. The zero-order chi connectivity index (χ0) is 22.7. The van der Waals surface area contributed by atoms with E-state index in [2.05, 4.69) is 114 Å². The monoisotopic (exact) mass is 446 g/mol. The number of rotatable bonds is 3. The summed E-state index contributed by atoms with van der Waals surface area (Å²) in [6.45, 7) is 2.08. The zero-order valence-corrected chi connectivity index (χ0v) is 19.1. The summed E-state index contributed by atoms with van der Waals surface area (Å²) >= 11 is 0. The molecule has 0 fully saturated rings. The standard InChI is InChI=1S/C30H26N2O2/c1-31-20-34-28-17-27-24(16-26(28)31)30(19-33-27)18-32(25-15-9-8-14-23(25)30)29(21-10-4-2-5-11-21)22-12-6-3-7-13-22/h2-17,29H,18-20H2,1H3. The lowest BCUT2D eigenvalue weighted by molar-refractivity contribution is 0.296. The van der Waals surface area contributed by atoms with Crippen molar-refractivity contribution < 1.29 is 9.47 Å². The second kappa shape index (κ2) is 7.29. The molecule has 1 atom stereocenters. The van der Waals surface area contributed by atoms with Crippen LogP contribution in [0.5, 0.6) is 11.5 Å². The topological polar surface area (TPSA) is 24.9 Å². The van der Waals surface area contributed by atoms with Gasteiger partial charge in [0.25, 0.3) is 0 Å². The molecule has 0 saturated carbocycles. The zero-order valence-electron chi connectivity index (χ0n) is 19.1. The van der Waals surface area contributed by atoms with Crippen LogP contribution in [0.25, 0.3) is 0 Å². The summed E-state index contributed by atoms with van der Waals surface area (Å²) in [5, 5.41) is 0. The highest BCUT2D eigenvalue weighted by Gasteiger charge is 2.51. The van der Waals surface area contributed by atoms with E-state index in [9.17, 15) is 0 Å². The fraction of sp³-hybridized carbons (Fsp3) is 0.200. The van der Waals surface area contributed by atoms with Crippen molar-refractivity contribution in [3.05, 3.63) is 119 Å². The Morgan fingerprint density at radius 3 is 2.12 bits per heavy atom. The number of ether oxygens (including phenoxy) is 2. The van der Waals surface area contributed by atoms with Crippen LogP contribution in [-0.4, -0.2) is 26.9 Å². The quantitative estimate of drug-likeness (QED) is 0.399. The van der Waals surface area contributed by atoms with Crippen LogP contribution >= 0.6 is 0 Å². The summed E-state index contributed by atoms with van der Waals surface area (Å²) in [7, 11) is 2.08. The van der Waals surface area contributed by atoms with Gasteiger partial charge in [-0.25, -0.2) is 0 Å². The molecule has 0 bridgehead atoms. The highest BCUT2D eigenvalue weighted by molar-refractivity contribution is 5.75. The maximum atomic E-state index is 6.37. The van der Waals surface area contributed by atoms with E-state index in [1.165, 1.54) is 27.9 Å².